The molecule has 1 heterocycles. The van der Waals surface area contributed by atoms with Crippen molar-refractivity contribution in [1.29, 1.82) is 0 Å². The number of pyridine rings is 1. The largest absolute Gasteiger partial charge is 0.384 e. The predicted octanol–water partition coefficient (Wildman–Crippen LogP) is 0.619. The van der Waals surface area contributed by atoms with Crippen molar-refractivity contribution in [2.45, 2.75) is 6.92 Å². The number of carbonyl (C=O) groups excluding carboxylic acids is 1. The summed E-state index contributed by atoms with van der Waals surface area (Å²) in [6.45, 7) is 2.09. The fourth-order valence-electron chi connectivity index (χ4n) is 0.852. The molecule has 0 saturated carbocycles. The molecule has 0 radical (unpaired) electrons. The van der Waals surface area contributed by atoms with Crippen molar-refractivity contribution in [2.75, 3.05) is 17.6 Å². The van der Waals surface area contributed by atoms with Crippen LogP contribution in [-0.4, -0.2) is 17.4 Å². The van der Waals surface area contributed by atoms with Gasteiger partial charge in [-0.3, -0.25) is 4.79 Å². The summed E-state index contributed by atoms with van der Waals surface area (Å²) in [6.07, 6.45) is 1.51. The molecule has 0 aromatic carbocycles. The van der Waals surface area contributed by atoms with Gasteiger partial charge in [-0.1, -0.05) is 6.92 Å². The first-order chi connectivity index (χ1) is 6.63. The molecular weight excluding hydrogens is 216 g/mol. The minimum absolute atomic E-state index is 0. The second kappa shape index (κ2) is 6.21. The third-order valence-electron chi connectivity index (χ3n) is 1.86. The van der Waals surface area contributed by atoms with E-state index in [1.165, 1.54) is 6.20 Å². The summed E-state index contributed by atoms with van der Waals surface area (Å²) >= 11 is 0. The van der Waals surface area contributed by atoms with Crippen molar-refractivity contribution in [3.05, 3.63) is 18.3 Å². The highest BCUT2D eigenvalue weighted by Gasteiger charge is 2.10. The van der Waals surface area contributed by atoms with Crippen LogP contribution in [0, 0.1) is 5.92 Å². The molecule has 84 valence electrons. The Morgan fingerprint density at radius 1 is 1.60 bits per heavy atom. The number of anilines is 2. The van der Waals surface area contributed by atoms with E-state index >= 15 is 0 Å². The molecule has 1 aromatic heterocycles. The van der Waals surface area contributed by atoms with Crippen LogP contribution in [-0.2, 0) is 4.79 Å². The normalized spacial score (nSPS) is 11.3. The number of nitrogen functional groups attached to an aromatic ring is 1. The monoisotopic (exact) mass is 230 g/mol. The first kappa shape index (κ1) is 13.7. The lowest BCUT2D eigenvalue weighted by Crippen LogP contribution is -2.26. The molecule has 0 saturated heterocycles. The average Bonchev–Trinajstić information content (AvgIpc) is 2.20. The van der Waals surface area contributed by atoms with Gasteiger partial charge in [-0.25, -0.2) is 4.98 Å². The number of hydrogen-bond acceptors (Lipinski definition) is 4. The number of aromatic nitrogens is 1. The molecule has 0 aliphatic rings. The Labute approximate surface area is 94.7 Å². The minimum Gasteiger partial charge on any atom is -0.384 e. The summed E-state index contributed by atoms with van der Waals surface area (Å²) in [5.41, 5.74) is 11.4. The zero-order valence-electron chi connectivity index (χ0n) is 8.43. The lowest BCUT2D eigenvalue weighted by atomic mass is 10.1. The van der Waals surface area contributed by atoms with Gasteiger partial charge >= 0.3 is 0 Å². The quantitative estimate of drug-likeness (QED) is 0.710. The fraction of sp³-hybridized carbons (Fsp3) is 0.333. The van der Waals surface area contributed by atoms with E-state index in [9.17, 15) is 4.79 Å². The Kier molecular flexibility index (Phi) is 5.66. The van der Waals surface area contributed by atoms with Crippen LogP contribution in [0.4, 0.5) is 11.5 Å². The molecule has 5 N–H and O–H groups in total. The van der Waals surface area contributed by atoms with Crippen LogP contribution in [0.2, 0.25) is 0 Å². The van der Waals surface area contributed by atoms with Gasteiger partial charge in [0, 0.05) is 12.5 Å². The van der Waals surface area contributed by atoms with Gasteiger partial charge < -0.3 is 16.8 Å². The second-order valence-electron chi connectivity index (χ2n) is 3.10. The van der Waals surface area contributed by atoms with Crippen molar-refractivity contribution >= 4 is 29.8 Å². The van der Waals surface area contributed by atoms with Crippen LogP contribution in [0.15, 0.2) is 18.3 Å². The molecule has 1 amide bonds. The van der Waals surface area contributed by atoms with Crippen molar-refractivity contribution in [2.24, 2.45) is 11.7 Å². The van der Waals surface area contributed by atoms with E-state index in [2.05, 4.69) is 10.3 Å². The van der Waals surface area contributed by atoms with Crippen molar-refractivity contribution in [1.82, 2.24) is 4.98 Å². The van der Waals surface area contributed by atoms with Crippen LogP contribution in [0.25, 0.3) is 0 Å². The number of carbonyl (C=O) groups is 1. The standard InChI is InChI=1S/C9H14N4O.ClH/c1-6(4-10)9(14)13-7-2-3-8(11)12-5-7;/h2-3,5-6H,4,10H2,1H3,(H2,11,12)(H,13,14);1H. The minimum atomic E-state index is -0.201. The molecule has 1 atom stereocenters. The third kappa shape index (κ3) is 4.14. The first-order valence-corrected chi connectivity index (χ1v) is 4.36. The number of nitrogens with zero attached hydrogens (tertiary/aromatic N) is 1. The van der Waals surface area contributed by atoms with Crippen LogP contribution in [0.3, 0.4) is 0 Å². The van der Waals surface area contributed by atoms with Gasteiger partial charge in [-0.05, 0) is 12.1 Å². The zero-order valence-corrected chi connectivity index (χ0v) is 9.25. The highest BCUT2D eigenvalue weighted by atomic mass is 35.5. The Hall–Kier alpha value is -1.33. The van der Waals surface area contributed by atoms with Gasteiger partial charge in [0.05, 0.1) is 11.9 Å². The van der Waals surface area contributed by atoms with Gasteiger partial charge in [0.1, 0.15) is 5.82 Å². The Bertz CT molecular complexity index is 314. The number of rotatable bonds is 3. The summed E-state index contributed by atoms with van der Waals surface area (Å²) in [5.74, 6) is 0.112. The number of amides is 1. The van der Waals surface area contributed by atoms with Crippen LogP contribution in [0.1, 0.15) is 6.92 Å². The molecule has 15 heavy (non-hydrogen) atoms. The molecule has 0 aliphatic heterocycles. The fourth-order valence-corrected chi connectivity index (χ4v) is 0.852. The van der Waals surface area contributed by atoms with Crippen molar-refractivity contribution in [3.8, 4) is 0 Å². The third-order valence-corrected chi connectivity index (χ3v) is 1.86. The van der Waals surface area contributed by atoms with E-state index in [1.807, 2.05) is 0 Å². The van der Waals surface area contributed by atoms with E-state index in [1.54, 1.807) is 19.1 Å². The Morgan fingerprint density at radius 3 is 2.73 bits per heavy atom. The molecule has 0 bridgehead atoms. The molecule has 0 fully saturated rings. The van der Waals surface area contributed by atoms with Gasteiger partial charge in [0.2, 0.25) is 5.91 Å². The average molecular weight is 231 g/mol. The number of halogens is 1. The first-order valence-electron chi connectivity index (χ1n) is 4.36. The maximum absolute atomic E-state index is 11.4. The number of nitrogens with two attached hydrogens (primary N) is 2. The lowest BCUT2D eigenvalue weighted by Gasteiger charge is -2.09. The number of nitrogens with one attached hydrogen (secondary N) is 1. The zero-order chi connectivity index (χ0) is 10.6. The predicted molar refractivity (Wildman–Crippen MR) is 62.7 cm³/mol. The SMILES string of the molecule is CC(CN)C(=O)Nc1ccc(N)nc1.Cl. The number of hydrogen-bond donors (Lipinski definition) is 3. The highest BCUT2D eigenvalue weighted by molar-refractivity contribution is 5.92. The smallest absolute Gasteiger partial charge is 0.228 e. The van der Waals surface area contributed by atoms with E-state index in [0.29, 0.717) is 18.1 Å². The molecule has 5 nitrogen and oxygen atoms in total. The van der Waals surface area contributed by atoms with Crippen LogP contribution < -0.4 is 16.8 Å². The highest BCUT2D eigenvalue weighted by Crippen LogP contribution is 2.08. The summed E-state index contributed by atoms with van der Waals surface area (Å²) < 4.78 is 0. The topological polar surface area (TPSA) is 94.0 Å². The Balaban J connectivity index is 0.00000196. The summed E-state index contributed by atoms with van der Waals surface area (Å²) in [7, 11) is 0. The molecule has 0 spiro atoms. The molecule has 1 rings (SSSR count). The maximum Gasteiger partial charge on any atom is 0.228 e. The lowest BCUT2D eigenvalue weighted by molar-refractivity contribution is -0.119. The maximum atomic E-state index is 11.4. The van der Waals surface area contributed by atoms with Crippen molar-refractivity contribution < 1.29 is 4.79 Å². The summed E-state index contributed by atoms with van der Waals surface area (Å²) in [6, 6.07) is 3.33. The van der Waals surface area contributed by atoms with E-state index in [-0.39, 0.29) is 24.2 Å². The van der Waals surface area contributed by atoms with Gasteiger partial charge in [-0.15, -0.1) is 12.4 Å². The molecule has 0 aliphatic carbocycles. The van der Waals surface area contributed by atoms with Crippen LogP contribution >= 0.6 is 12.4 Å². The van der Waals surface area contributed by atoms with Gasteiger partial charge in [0.25, 0.3) is 0 Å². The van der Waals surface area contributed by atoms with Gasteiger partial charge in [-0.2, -0.15) is 0 Å². The summed E-state index contributed by atoms with van der Waals surface area (Å²) in [4.78, 5) is 15.2. The molecular formula is C9H15ClN4O. The summed E-state index contributed by atoms with van der Waals surface area (Å²) in [5, 5.41) is 2.68. The Morgan fingerprint density at radius 2 is 2.27 bits per heavy atom. The molecule has 1 unspecified atom stereocenters. The van der Waals surface area contributed by atoms with Crippen LogP contribution in [0.5, 0.6) is 0 Å². The molecule has 6 heteroatoms. The van der Waals surface area contributed by atoms with E-state index < -0.39 is 0 Å². The molecule has 1 aromatic rings. The van der Waals surface area contributed by atoms with Crippen molar-refractivity contribution in [3.63, 3.8) is 0 Å². The van der Waals surface area contributed by atoms with Gasteiger partial charge in [0.15, 0.2) is 0 Å². The van der Waals surface area contributed by atoms with E-state index in [0.717, 1.165) is 0 Å². The van der Waals surface area contributed by atoms with E-state index in [4.69, 9.17) is 11.5 Å². The second-order valence-corrected chi connectivity index (χ2v) is 3.10.